The van der Waals surface area contributed by atoms with Gasteiger partial charge in [-0.1, -0.05) is 25.1 Å². The van der Waals surface area contributed by atoms with Crippen molar-refractivity contribution in [2.75, 3.05) is 13.1 Å². The first-order chi connectivity index (χ1) is 10.8. The van der Waals surface area contributed by atoms with E-state index in [1.807, 2.05) is 0 Å². The number of nitrogens with zero attached hydrogens (tertiary/aromatic N) is 1. The van der Waals surface area contributed by atoms with Crippen LogP contribution in [0.2, 0.25) is 0 Å². The van der Waals surface area contributed by atoms with Crippen LogP contribution in [0.3, 0.4) is 0 Å². The number of rotatable bonds is 2. The fourth-order valence-electron chi connectivity index (χ4n) is 2.84. The summed E-state index contributed by atoms with van der Waals surface area (Å²) in [6.07, 6.45) is 2.41. The number of hydrogen-bond donors (Lipinski definition) is 3. The second-order valence-electron chi connectivity index (χ2n) is 5.53. The summed E-state index contributed by atoms with van der Waals surface area (Å²) in [6, 6.07) is 6.49. The van der Waals surface area contributed by atoms with Crippen LogP contribution < -0.4 is 5.32 Å². The van der Waals surface area contributed by atoms with Gasteiger partial charge in [0.25, 0.3) is 0 Å². The third-order valence-corrected chi connectivity index (χ3v) is 3.89. The smallest absolute Gasteiger partial charge is 0.369 e. The van der Waals surface area contributed by atoms with Gasteiger partial charge in [0.1, 0.15) is 11.9 Å². The summed E-state index contributed by atoms with van der Waals surface area (Å²) in [7, 11) is -4.67. The molecule has 3 rings (SSSR count). The number of fused-ring (bicyclic) bond motifs is 1. The first-order valence-corrected chi connectivity index (χ1v) is 8.91. The van der Waals surface area contributed by atoms with Gasteiger partial charge in [0, 0.05) is 6.54 Å². The van der Waals surface area contributed by atoms with E-state index in [2.05, 4.69) is 42.4 Å². The molecule has 0 fully saturated rings. The van der Waals surface area contributed by atoms with Gasteiger partial charge in [0.15, 0.2) is 0 Å². The summed E-state index contributed by atoms with van der Waals surface area (Å²) in [6.45, 7) is 6.19. The van der Waals surface area contributed by atoms with Crippen molar-refractivity contribution in [3.8, 4) is 0 Å². The lowest BCUT2D eigenvalue weighted by Gasteiger charge is -2.33. The van der Waals surface area contributed by atoms with Crippen molar-refractivity contribution in [1.29, 1.82) is 0 Å². The fourth-order valence-corrected chi connectivity index (χ4v) is 2.84. The second kappa shape index (κ2) is 7.39. The summed E-state index contributed by atoms with van der Waals surface area (Å²) < 4.78 is 37.8. The Morgan fingerprint density at radius 2 is 2.09 bits per heavy atom. The average molecular weight is 342 g/mol. The van der Waals surface area contributed by atoms with Gasteiger partial charge < -0.3 is 10.1 Å². The normalized spacial score (nSPS) is 23.2. The quantitative estimate of drug-likeness (QED) is 0.707. The molecule has 2 aliphatic rings. The molecule has 0 radical (unpaired) electrons. The Kier molecular flexibility index (Phi) is 5.74. The summed E-state index contributed by atoms with van der Waals surface area (Å²) in [5, 5.41) is 3.36. The third kappa shape index (κ3) is 5.00. The molecule has 2 heterocycles. The molecule has 3 N–H and O–H groups in total. The lowest BCUT2D eigenvalue weighted by Crippen LogP contribution is -2.35. The lowest BCUT2D eigenvalue weighted by atomic mass is 9.89. The highest BCUT2D eigenvalue weighted by molar-refractivity contribution is 7.79. The molecule has 2 aliphatic heterocycles. The van der Waals surface area contributed by atoms with Crippen LogP contribution in [-0.4, -0.2) is 42.6 Å². The Bertz CT molecular complexity index is 679. The topological polar surface area (TPSA) is 108 Å². The predicted molar refractivity (Wildman–Crippen MR) is 87.3 cm³/mol. The van der Waals surface area contributed by atoms with E-state index in [0.717, 1.165) is 31.8 Å². The van der Waals surface area contributed by atoms with Gasteiger partial charge in [-0.15, -0.1) is 0 Å². The summed E-state index contributed by atoms with van der Waals surface area (Å²) >= 11 is 0. The Balaban J connectivity index is 0.000000338. The zero-order valence-corrected chi connectivity index (χ0v) is 14.0. The number of nitrogens with one attached hydrogen (secondary N) is 1. The largest absolute Gasteiger partial charge is 0.394 e. The van der Waals surface area contributed by atoms with E-state index < -0.39 is 10.4 Å². The fraction of sp³-hybridized carbons (Fsp3) is 0.533. The van der Waals surface area contributed by atoms with E-state index in [9.17, 15) is 0 Å². The van der Waals surface area contributed by atoms with Crippen molar-refractivity contribution in [3.05, 3.63) is 34.9 Å². The van der Waals surface area contributed by atoms with Crippen molar-refractivity contribution in [3.63, 3.8) is 0 Å². The number of ether oxygens (including phenoxy) is 1. The minimum atomic E-state index is -4.67. The number of aryl methyl sites for hydroxylation is 1. The van der Waals surface area contributed by atoms with Crippen molar-refractivity contribution < 1.29 is 22.3 Å². The highest BCUT2D eigenvalue weighted by Crippen LogP contribution is 2.34. The molecule has 0 bridgehead atoms. The van der Waals surface area contributed by atoms with Gasteiger partial charge >= 0.3 is 10.4 Å². The Labute approximate surface area is 136 Å². The van der Waals surface area contributed by atoms with Gasteiger partial charge in [-0.25, -0.2) is 0 Å². The molecule has 0 saturated carbocycles. The predicted octanol–water partition coefficient (Wildman–Crippen LogP) is 1.74. The van der Waals surface area contributed by atoms with Gasteiger partial charge in [-0.3, -0.25) is 14.1 Å². The van der Waals surface area contributed by atoms with Crippen molar-refractivity contribution in [2.24, 2.45) is 4.99 Å². The molecule has 0 spiro atoms. The molecule has 0 aromatic heterocycles. The molecule has 0 aliphatic carbocycles. The van der Waals surface area contributed by atoms with E-state index >= 15 is 0 Å². The average Bonchev–Trinajstić information content (AvgIpc) is 2.99. The lowest BCUT2D eigenvalue weighted by molar-refractivity contribution is 0.00707. The van der Waals surface area contributed by atoms with E-state index in [4.69, 9.17) is 22.3 Å². The van der Waals surface area contributed by atoms with E-state index in [1.54, 1.807) is 0 Å². The minimum Gasteiger partial charge on any atom is -0.369 e. The Morgan fingerprint density at radius 3 is 2.65 bits per heavy atom. The van der Waals surface area contributed by atoms with Crippen molar-refractivity contribution in [2.45, 2.75) is 38.9 Å². The second-order valence-corrected chi connectivity index (χ2v) is 6.43. The van der Waals surface area contributed by atoms with Gasteiger partial charge in [-0.2, -0.15) is 8.42 Å². The van der Waals surface area contributed by atoms with Gasteiger partial charge in [-0.05, 0) is 36.5 Å². The maximum absolute atomic E-state index is 8.74. The zero-order chi connectivity index (χ0) is 17.0. The molecule has 1 unspecified atom stereocenters. The standard InChI is InChI=1S/C15H20N2O.H2O4S/c1-3-11-9-13-10(2)5-4-6-12(13)14(18-11)15-16-7-8-17-15;1-5(2,3)4/h4-6,11,14H,3,7-9H2,1-2H3,(H,16,17);(H2,1,2,3,4)/t11-,14?;/m1./s1. The summed E-state index contributed by atoms with van der Waals surface area (Å²) in [5.74, 6) is 1.01. The summed E-state index contributed by atoms with van der Waals surface area (Å²) in [5.41, 5.74) is 4.13. The molecular weight excluding hydrogens is 320 g/mol. The molecule has 8 heteroatoms. The number of amidine groups is 1. The molecule has 0 amide bonds. The zero-order valence-electron chi connectivity index (χ0n) is 13.2. The highest BCUT2D eigenvalue weighted by atomic mass is 32.3. The van der Waals surface area contributed by atoms with E-state index in [-0.39, 0.29) is 6.10 Å². The number of hydrogen-bond acceptors (Lipinski definition) is 5. The number of aliphatic imine (C=N–C) groups is 1. The maximum atomic E-state index is 8.74. The van der Waals surface area contributed by atoms with Gasteiger partial charge in [0.05, 0.1) is 12.6 Å². The molecule has 128 valence electrons. The van der Waals surface area contributed by atoms with Crippen LogP contribution in [0.4, 0.5) is 0 Å². The molecular formula is C15H22N2O5S. The third-order valence-electron chi connectivity index (χ3n) is 3.89. The van der Waals surface area contributed by atoms with Crippen molar-refractivity contribution >= 4 is 16.2 Å². The SMILES string of the molecule is CC[C@@H]1Cc2c(C)cccc2C(C2=NCCN2)O1.O=S(=O)(O)O. The van der Waals surface area contributed by atoms with Crippen molar-refractivity contribution in [1.82, 2.24) is 5.32 Å². The van der Waals surface area contributed by atoms with Crippen LogP contribution in [0.15, 0.2) is 23.2 Å². The van der Waals surface area contributed by atoms with Crippen LogP contribution in [0, 0.1) is 6.92 Å². The first-order valence-electron chi connectivity index (χ1n) is 7.51. The Morgan fingerprint density at radius 1 is 1.39 bits per heavy atom. The minimum absolute atomic E-state index is 0.0149. The maximum Gasteiger partial charge on any atom is 0.394 e. The molecule has 7 nitrogen and oxygen atoms in total. The number of benzene rings is 1. The first kappa shape index (κ1) is 17.9. The molecule has 2 atom stereocenters. The van der Waals surface area contributed by atoms with E-state index in [0.29, 0.717) is 6.10 Å². The molecule has 23 heavy (non-hydrogen) atoms. The van der Waals surface area contributed by atoms with Gasteiger partial charge in [0.2, 0.25) is 0 Å². The monoisotopic (exact) mass is 342 g/mol. The summed E-state index contributed by atoms with van der Waals surface area (Å²) in [4.78, 5) is 4.54. The molecule has 0 saturated heterocycles. The molecule has 1 aromatic carbocycles. The van der Waals surface area contributed by atoms with Crippen LogP contribution in [-0.2, 0) is 21.6 Å². The van der Waals surface area contributed by atoms with E-state index in [1.165, 1.54) is 16.7 Å². The van der Waals surface area contributed by atoms with Crippen LogP contribution in [0.25, 0.3) is 0 Å². The molecule has 1 aromatic rings. The van der Waals surface area contributed by atoms with Crippen LogP contribution in [0.5, 0.6) is 0 Å². The Hall–Kier alpha value is -1.48. The van der Waals surface area contributed by atoms with Crippen LogP contribution in [0.1, 0.15) is 36.1 Å². The highest BCUT2D eigenvalue weighted by Gasteiger charge is 2.31. The van der Waals surface area contributed by atoms with Crippen LogP contribution >= 0.6 is 0 Å².